The Balaban J connectivity index is 2.30. The molecule has 0 bridgehead atoms. The zero-order chi connectivity index (χ0) is 6.53. The molecule has 3 N–H and O–H groups in total. The molecule has 5 heteroatoms. The second kappa shape index (κ2) is 3.16. The topological polar surface area (TPSA) is 68.8 Å². The molecule has 9 heavy (non-hydrogen) atoms. The van der Waals surface area contributed by atoms with Gasteiger partial charge in [0.1, 0.15) is 12.7 Å². The lowest BCUT2D eigenvalue weighted by Crippen LogP contribution is -2.26. The molecule has 1 aromatic heterocycles. The molecule has 0 aliphatic rings. The van der Waals surface area contributed by atoms with Crippen LogP contribution >= 0.6 is 0 Å². The van der Waals surface area contributed by atoms with Gasteiger partial charge < -0.3 is 0 Å². The van der Waals surface area contributed by atoms with E-state index in [1.165, 1.54) is 6.33 Å². The zero-order valence-electron chi connectivity index (χ0n) is 4.99. The van der Waals surface area contributed by atoms with Gasteiger partial charge in [-0.05, 0) is 0 Å². The summed E-state index contributed by atoms with van der Waals surface area (Å²) in [5, 5.41) is 3.86. The summed E-state index contributed by atoms with van der Waals surface area (Å²) in [6.45, 7) is 1.47. The summed E-state index contributed by atoms with van der Waals surface area (Å²) >= 11 is 0. The number of nitrogens with zero attached hydrogens (tertiary/aromatic N) is 3. The predicted octanol–water partition coefficient (Wildman–Crippen LogP) is -1.26. The SMILES string of the molecule is NNCCn1cncn1. The van der Waals surface area contributed by atoms with Gasteiger partial charge in [-0.25, -0.2) is 4.98 Å². The average molecular weight is 127 g/mol. The van der Waals surface area contributed by atoms with E-state index in [0.717, 1.165) is 6.54 Å². The molecule has 0 amide bonds. The Morgan fingerprint density at radius 3 is 3.11 bits per heavy atom. The number of rotatable bonds is 3. The molecule has 0 fully saturated rings. The Morgan fingerprint density at radius 1 is 1.67 bits per heavy atom. The van der Waals surface area contributed by atoms with E-state index >= 15 is 0 Å². The van der Waals surface area contributed by atoms with Gasteiger partial charge in [0.25, 0.3) is 0 Å². The molecule has 1 rings (SSSR count). The monoisotopic (exact) mass is 127 g/mol. The first kappa shape index (κ1) is 6.18. The van der Waals surface area contributed by atoms with Crippen molar-refractivity contribution in [2.45, 2.75) is 6.54 Å². The molecule has 0 saturated heterocycles. The van der Waals surface area contributed by atoms with Gasteiger partial charge in [-0.15, -0.1) is 0 Å². The fourth-order valence-corrected chi connectivity index (χ4v) is 0.527. The van der Waals surface area contributed by atoms with Crippen LogP contribution in [0, 0.1) is 0 Å². The molecule has 0 saturated carbocycles. The van der Waals surface area contributed by atoms with Crippen LogP contribution in [0.4, 0.5) is 0 Å². The molecule has 0 aliphatic heterocycles. The van der Waals surface area contributed by atoms with Gasteiger partial charge in [0.05, 0.1) is 6.54 Å². The largest absolute Gasteiger partial charge is 0.271 e. The Hall–Kier alpha value is -0.940. The second-order valence-corrected chi connectivity index (χ2v) is 1.61. The van der Waals surface area contributed by atoms with Crippen molar-refractivity contribution in [2.75, 3.05) is 6.54 Å². The maximum absolute atomic E-state index is 5.03. The highest BCUT2D eigenvalue weighted by Gasteiger charge is 1.86. The molecule has 0 aromatic carbocycles. The van der Waals surface area contributed by atoms with E-state index in [1.54, 1.807) is 11.0 Å². The molecule has 0 unspecified atom stereocenters. The van der Waals surface area contributed by atoms with Gasteiger partial charge in [-0.2, -0.15) is 5.10 Å². The van der Waals surface area contributed by atoms with E-state index in [4.69, 9.17) is 5.84 Å². The van der Waals surface area contributed by atoms with Crippen molar-refractivity contribution in [3.8, 4) is 0 Å². The van der Waals surface area contributed by atoms with E-state index in [2.05, 4.69) is 15.5 Å². The maximum atomic E-state index is 5.03. The maximum Gasteiger partial charge on any atom is 0.137 e. The lowest BCUT2D eigenvalue weighted by molar-refractivity contribution is 0.565. The third-order valence-corrected chi connectivity index (χ3v) is 0.952. The van der Waals surface area contributed by atoms with Crippen LogP contribution in [0.5, 0.6) is 0 Å². The molecule has 0 spiro atoms. The minimum Gasteiger partial charge on any atom is -0.271 e. The first-order valence-corrected chi connectivity index (χ1v) is 2.69. The van der Waals surface area contributed by atoms with Crippen molar-refractivity contribution in [1.82, 2.24) is 20.2 Å². The first-order chi connectivity index (χ1) is 4.43. The summed E-state index contributed by atoms with van der Waals surface area (Å²) in [6.07, 6.45) is 3.15. The number of hydrogen-bond acceptors (Lipinski definition) is 4. The van der Waals surface area contributed by atoms with Crippen molar-refractivity contribution in [2.24, 2.45) is 5.84 Å². The highest BCUT2D eigenvalue weighted by atomic mass is 15.3. The molecule has 0 radical (unpaired) electrons. The molecule has 1 heterocycles. The molecular weight excluding hydrogens is 118 g/mol. The summed E-state index contributed by atoms with van der Waals surface area (Å²) in [4.78, 5) is 3.76. The Morgan fingerprint density at radius 2 is 2.56 bits per heavy atom. The van der Waals surface area contributed by atoms with E-state index in [9.17, 15) is 0 Å². The fourth-order valence-electron chi connectivity index (χ4n) is 0.527. The van der Waals surface area contributed by atoms with Crippen molar-refractivity contribution < 1.29 is 0 Å². The van der Waals surface area contributed by atoms with E-state index in [1.807, 2.05) is 0 Å². The van der Waals surface area contributed by atoms with Gasteiger partial charge in [-0.3, -0.25) is 16.0 Å². The predicted molar refractivity (Wildman–Crippen MR) is 32.2 cm³/mol. The second-order valence-electron chi connectivity index (χ2n) is 1.61. The van der Waals surface area contributed by atoms with Crippen LogP contribution in [-0.2, 0) is 6.54 Å². The number of nitrogens with two attached hydrogens (primary N) is 1. The smallest absolute Gasteiger partial charge is 0.137 e. The van der Waals surface area contributed by atoms with Crippen LogP contribution in [0.2, 0.25) is 0 Å². The molecule has 0 aliphatic carbocycles. The van der Waals surface area contributed by atoms with Gasteiger partial charge in [-0.1, -0.05) is 0 Å². The van der Waals surface area contributed by atoms with E-state index in [0.29, 0.717) is 6.54 Å². The quantitative estimate of drug-likeness (QED) is 0.393. The number of hydrazine groups is 1. The first-order valence-electron chi connectivity index (χ1n) is 2.69. The van der Waals surface area contributed by atoms with E-state index < -0.39 is 0 Å². The van der Waals surface area contributed by atoms with Crippen LogP contribution in [0.15, 0.2) is 12.7 Å². The standard InChI is InChI=1S/C4H9N5/c5-7-1-2-9-4-6-3-8-9/h3-4,7H,1-2,5H2. The Labute approximate surface area is 52.8 Å². The van der Waals surface area contributed by atoms with Gasteiger partial charge in [0.2, 0.25) is 0 Å². The fraction of sp³-hybridized carbons (Fsp3) is 0.500. The highest BCUT2D eigenvalue weighted by Crippen LogP contribution is 1.75. The molecule has 1 aromatic rings. The lowest BCUT2D eigenvalue weighted by Gasteiger charge is -1.96. The Bertz CT molecular complexity index is 146. The number of aromatic nitrogens is 3. The van der Waals surface area contributed by atoms with Crippen LogP contribution in [0.25, 0.3) is 0 Å². The van der Waals surface area contributed by atoms with Gasteiger partial charge in [0, 0.05) is 6.54 Å². The summed E-state index contributed by atoms with van der Waals surface area (Å²) in [5.74, 6) is 5.03. The summed E-state index contributed by atoms with van der Waals surface area (Å²) in [7, 11) is 0. The van der Waals surface area contributed by atoms with Crippen molar-refractivity contribution >= 4 is 0 Å². The lowest BCUT2D eigenvalue weighted by atomic mass is 10.7. The van der Waals surface area contributed by atoms with Crippen molar-refractivity contribution in [3.63, 3.8) is 0 Å². The normalized spacial score (nSPS) is 9.89. The van der Waals surface area contributed by atoms with Crippen molar-refractivity contribution in [1.29, 1.82) is 0 Å². The van der Waals surface area contributed by atoms with Crippen LogP contribution in [-0.4, -0.2) is 21.3 Å². The minimum atomic E-state index is 0.712. The number of nitrogens with one attached hydrogen (secondary N) is 1. The third-order valence-electron chi connectivity index (χ3n) is 0.952. The zero-order valence-corrected chi connectivity index (χ0v) is 4.99. The van der Waals surface area contributed by atoms with Crippen LogP contribution in [0.1, 0.15) is 0 Å². The number of hydrogen-bond donors (Lipinski definition) is 2. The summed E-state index contributed by atoms with van der Waals surface area (Å²) in [5.41, 5.74) is 2.52. The van der Waals surface area contributed by atoms with E-state index in [-0.39, 0.29) is 0 Å². The van der Waals surface area contributed by atoms with Crippen molar-refractivity contribution in [3.05, 3.63) is 12.7 Å². The molecule has 5 nitrogen and oxygen atoms in total. The third kappa shape index (κ3) is 1.79. The summed E-state index contributed by atoms with van der Waals surface area (Å²) in [6, 6.07) is 0. The van der Waals surface area contributed by atoms with Gasteiger partial charge >= 0.3 is 0 Å². The average Bonchev–Trinajstić information content (AvgIpc) is 2.34. The van der Waals surface area contributed by atoms with Gasteiger partial charge in [0.15, 0.2) is 0 Å². The van der Waals surface area contributed by atoms with Crippen LogP contribution in [0.3, 0.4) is 0 Å². The molecule has 50 valence electrons. The molecular formula is C4H9N5. The summed E-state index contributed by atoms with van der Waals surface area (Å²) < 4.78 is 1.71. The van der Waals surface area contributed by atoms with Crippen LogP contribution < -0.4 is 11.3 Å². The highest BCUT2D eigenvalue weighted by molar-refractivity contribution is 4.55. The minimum absolute atomic E-state index is 0.712. The molecule has 0 atom stereocenters. The Kier molecular flexibility index (Phi) is 2.17.